The topological polar surface area (TPSA) is 70.7 Å². The standard InChI is InChI=1S/C12H14N4O/c1-8-3-5-9(6-4-8)7-10-14-11(16-15-10)12(17)13-2/h3-6H,7H2,1-2H3,(H,13,17)(H,14,15,16). The molecule has 0 unspecified atom stereocenters. The molecule has 1 heterocycles. The van der Waals surface area contributed by atoms with E-state index in [4.69, 9.17) is 0 Å². The predicted octanol–water partition coefficient (Wildman–Crippen LogP) is 1.06. The number of amides is 1. The second kappa shape index (κ2) is 4.78. The summed E-state index contributed by atoms with van der Waals surface area (Å²) in [6.45, 7) is 2.04. The second-order valence-corrected chi connectivity index (χ2v) is 3.85. The van der Waals surface area contributed by atoms with Crippen LogP contribution in [-0.2, 0) is 6.42 Å². The fraction of sp³-hybridized carbons (Fsp3) is 0.250. The molecule has 0 atom stereocenters. The Bertz CT molecular complexity index is 516. The average Bonchev–Trinajstić information content (AvgIpc) is 2.80. The summed E-state index contributed by atoms with van der Waals surface area (Å²) in [6.07, 6.45) is 0.643. The van der Waals surface area contributed by atoms with Crippen molar-refractivity contribution in [3.05, 3.63) is 47.0 Å². The first kappa shape index (κ1) is 11.3. The molecular weight excluding hydrogens is 216 g/mol. The van der Waals surface area contributed by atoms with E-state index < -0.39 is 0 Å². The zero-order chi connectivity index (χ0) is 12.3. The van der Waals surface area contributed by atoms with E-state index in [1.165, 1.54) is 5.56 Å². The zero-order valence-corrected chi connectivity index (χ0v) is 9.82. The highest BCUT2D eigenvalue weighted by Gasteiger charge is 2.10. The molecule has 0 spiro atoms. The van der Waals surface area contributed by atoms with Crippen molar-refractivity contribution >= 4 is 5.91 Å². The minimum absolute atomic E-state index is 0.176. The number of hydrogen-bond acceptors (Lipinski definition) is 3. The van der Waals surface area contributed by atoms with Gasteiger partial charge in [0, 0.05) is 13.5 Å². The summed E-state index contributed by atoms with van der Waals surface area (Å²) in [5.74, 6) is 0.582. The van der Waals surface area contributed by atoms with Crippen LogP contribution in [-0.4, -0.2) is 28.1 Å². The lowest BCUT2D eigenvalue weighted by Crippen LogP contribution is -2.19. The van der Waals surface area contributed by atoms with Gasteiger partial charge >= 0.3 is 0 Å². The highest BCUT2D eigenvalue weighted by atomic mass is 16.2. The molecule has 1 aromatic carbocycles. The molecule has 0 bridgehead atoms. The first-order valence-electron chi connectivity index (χ1n) is 5.38. The van der Waals surface area contributed by atoms with Gasteiger partial charge in [-0.25, -0.2) is 4.98 Å². The van der Waals surface area contributed by atoms with Gasteiger partial charge in [0.25, 0.3) is 5.91 Å². The molecule has 17 heavy (non-hydrogen) atoms. The highest BCUT2D eigenvalue weighted by molar-refractivity contribution is 5.89. The van der Waals surface area contributed by atoms with Crippen LogP contribution >= 0.6 is 0 Å². The van der Waals surface area contributed by atoms with Crippen molar-refractivity contribution in [1.29, 1.82) is 0 Å². The molecule has 5 heteroatoms. The van der Waals surface area contributed by atoms with E-state index >= 15 is 0 Å². The third-order valence-corrected chi connectivity index (χ3v) is 2.45. The van der Waals surface area contributed by atoms with Crippen molar-refractivity contribution in [2.75, 3.05) is 7.05 Å². The lowest BCUT2D eigenvalue weighted by atomic mass is 10.1. The number of carbonyl (C=O) groups excluding carboxylic acids is 1. The van der Waals surface area contributed by atoms with E-state index in [-0.39, 0.29) is 11.7 Å². The molecule has 1 aromatic heterocycles. The lowest BCUT2D eigenvalue weighted by Gasteiger charge is -1.98. The molecule has 2 N–H and O–H groups in total. The van der Waals surface area contributed by atoms with Gasteiger partial charge in [-0.15, -0.1) is 5.10 Å². The maximum Gasteiger partial charge on any atom is 0.290 e. The van der Waals surface area contributed by atoms with Gasteiger partial charge in [-0.05, 0) is 12.5 Å². The van der Waals surface area contributed by atoms with Gasteiger partial charge in [0.05, 0.1) is 0 Å². The highest BCUT2D eigenvalue weighted by Crippen LogP contribution is 2.07. The number of nitrogens with one attached hydrogen (secondary N) is 2. The molecule has 0 radical (unpaired) electrons. The number of hydrogen-bond donors (Lipinski definition) is 2. The third kappa shape index (κ3) is 2.69. The molecule has 5 nitrogen and oxygen atoms in total. The van der Waals surface area contributed by atoms with Crippen molar-refractivity contribution in [3.63, 3.8) is 0 Å². The number of aryl methyl sites for hydroxylation is 1. The number of H-pyrrole nitrogens is 1. The normalized spacial score (nSPS) is 10.2. The molecule has 0 aliphatic heterocycles. The fourth-order valence-electron chi connectivity index (χ4n) is 1.49. The van der Waals surface area contributed by atoms with Crippen molar-refractivity contribution < 1.29 is 4.79 Å². The SMILES string of the molecule is CNC(=O)c1n[nH]c(Cc2ccc(C)cc2)n1. The van der Waals surface area contributed by atoms with Gasteiger partial charge in [-0.3, -0.25) is 9.89 Å². The zero-order valence-electron chi connectivity index (χ0n) is 9.82. The summed E-state index contributed by atoms with van der Waals surface area (Å²) < 4.78 is 0. The maximum atomic E-state index is 11.3. The van der Waals surface area contributed by atoms with Crippen LogP contribution in [0.1, 0.15) is 27.6 Å². The molecule has 0 aliphatic carbocycles. The van der Waals surface area contributed by atoms with Gasteiger partial charge in [0.15, 0.2) is 0 Å². The van der Waals surface area contributed by atoms with Crippen molar-refractivity contribution in [3.8, 4) is 0 Å². The monoisotopic (exact) mass is 230 g/mol. The summed E-state index contributed by atoms with van der Waals surface area (Å²) in [5.41, 5.74) is 2.35. The van der Waals surface area contributed by atoms with Crippen LogP contribution in [0.2, 0.25) is 0 Å². The van der Waals surface area contributed by atoms with Crippen LogP contribution in [0.5, 0.6) is 0 Å². The number of nitrogens with zero attached hydrogens (tertiary/aromatic N) is 2. The smallest absolute Gasteiger partial charge is 0.290 e. The summed E-state index contributed by atoms with van der Waals surface area (Å²) >= 11 is 0. The van der Waals surface area contributed by atoms with Crippen LogP contribution in [0.25, 0.3) is 0 Å². The van der Waals surface area contributed by atoms with Gasteiger partial charge < -0.3 is 5.32 Å². The molecule has 1 amide bonds. The first-order chi connectivity index (χ1) is 8.19. The molecule has 0 fully saturated rings. The number of aromatic nitrogens is 3. The van der Waals surface area contributed by atoms with Crippen LogP contribution < -0.4 is 5.32 Å². The molecule has 0 aliphatic rings. The predicted molar refractivity (Wildman–Crippen MR) is 63.8 cm³/mol. The van der Waals surface area contributed by atoms with Crippen LogP contribution in [0.3, 0.4) is 0 Å². The van der Waals surface area contributed by atoms with Gasteiger partial charge in [-0.2, -0.15) is 0 Å². The van der Waals surface area contributed by atoms with E-state index in [2.05, 4.69) is 20.5 Å². The molecule has 0 saturated carbocycles. The minimum atomic E-state index is -0.281. The maximum absolute atomic E-state index is 11.3. The summed E-state index contributed by atoms with van der Waals surface area (Å²) in [6, 6.07) is 8.17. The average molecular weight is 230 g/mol. The molecule has 2 aromatic rings. The fourth-order valence-corrected chi connectivity index (χ4v) is 1.49. The molecule has 0 saturated heterocycles. The molecule has 2 rings (SSSR count). The van der Waals surface area contributed by atoms with Crippen LogP contribution in [0.4, 0.5) is 0 Å². The van der Waals surface area contributed by atoms with Crippen molar-refractivity contribution in [2.45, 2.75) is 13.3 Å². The molecule has 88 valence electrons. The van der Waals surface area contributed by atoms with E-state index in [1.807, 2.05) is 31.2 Å². The summed E-state index contributed by atoms with van der Waals surface area (Å²) in [5, 5.41) is 9.10. The van der Waals surface area contributed by atoms with Crippen molar-refractivity contribution in [2.24, 2.45) is 0 Å². The lowest BCUT2D eigenvalue weighted by molar-refractivity contribution is 0.0953. The van der Waals surface area contributed by atoms with Gasteiger partial charge in [-0.1, -0.05) is 29.8 Å². The Kier molecular flexibility index (Phi) is 3.18. The second-order valence-electron chi connectivity index (χ2n) is 3.85. The Morgan fingerprint density at radius 3 is 2.71 bits per heavy atom. The Hall–Kier alpha value is -2.17. The largest absolute Gasteiger partial charge is 0.352 e. The summed E-state index contributed by atoms with van der Waals surface area (Å²) in [4.78, 5) is 15.4. The number of benzene rings is 1. The number of rotatable bonds is 3. The van der Waals surface area contributed by atoms with E-state index in [9.17, 15) is 4.79 Å². The van der Waals surface area contributed by atoms with Crippen LogP contribution in [0.15, 0.2) is 24.3 Å². The Labute approximate surface area is 99.3 Å². The third-order valence-electron chi connectivity index (χ3n) is 2.45. The van der Waals surface area contributed by atoms with E-state index in [0.29, 0.717) is 12.2 Å². The Morgan fingerprint density at radius 2 is 2.06 bits per heavy atom. The van der Waals surface area contributed by atoms with Crippen LogP contribution in [0, 0.1) is 6.92 Å². The number of carbonyl (C=O) groups is 1. The van der Waals surface area contributed by atoms with E-state index in [0.717, 1.165) is 5.56 Å². The van der Waals surface area contributed by atoms with Crippen molar-refractivity contribution in [1.82, 2.24) is 20.5 Å². The van der Waals surface area contributed by atoms with Gasteiger partial charge in [0.1, 0.15) is 5.82 Å². The number of aromatic amines is 1. The quantitative estimate of drug-likeness (QED) is 0.828. The first-order valence-corrected chi connectivity index (χ1v) is 5.38. The Morgan fingerprint density at radius 1 is 1.35 bits per heavy atom. The summed E-state index contributed by atoms with van der Waals surface area (Å²) in [7, 11) is 1.55. The molecular formula is C12H14N4O. The van der Waals surface area contributed by atoms with Gasteiger partial charge in [0.2, 0.25) is 5.82 Å². The Balaban J connectivity index is 2.11. The van der Waals surface area contributed by atoms with E-state index in [1.54, 1.807) is 7.05 Å². The minimum Gasteiger partial charge on any atom is -0.352 e.